The van der Waals surface area contributed by atoms with Crippen LogP contribution in [0.3, 0.4) is 0 Å². The maximum absolute atomic E-state index is 13.3. The third-order valence-corrected chi connectivity index (χ3v) is 8.91. The molecule has 31 heavy (non-hydrogen) atoms. The Kier molecular flexibility index (Phi) is 8.75. The highest BCUT2D eigenvalue weighted by Gasteiger charge is 2.43. The molecule has 2 aliphatic heterocycles. The van der Waals surface area contributed by atoms with Gasteiger partial charge in [-0.15, -0.1) is 0 Å². The SMILES string of the molecule is CCCCC[N+]1=C(C)C(C)(C)c2cc(S(=O)(=O)N3CCC(CC)CC3)ccc21.O=C=O. The number of sulfonamides is 1. The van der Waals surface area contributed by atoms with Crippen molar-refractivity contribution in [1.82, 2.24) is 4.31 Å². The standard InChI is InChI=1S/C23H37N2O2S.CO2/c1-6-8-9-14-25-18(3)23(4,5)21-17-20(10-11-22(21)25)28(26,27)24-15-12-19(7-2)13-16-24;2-1-3/h10-11,17,19H,6-9,12-16H2,1-5H3;/q+1;. The fourth-order valence-corrected chi connectivity index (χ4v) is 6.14. The second kappa shape index (κ2) is 10.7. The first-order valence-electron chi connectivity index (χ1n) is 11.4. The fraction of sp³-hybridized carbons (Fsp3) is 0.667. The van der Waals surface area contributed by atoms with Gasteiger partial charge in [0.25, 0.3) is 0 Å². The summed E-state index contributed by atoms with van der Waals surface area (Å²) >= 11 is 0. The van der Waals surface area contributed by atoms with Gasteiger partial charge < -0.3 is 0 Å². The Morgan fingerprint density at radius 1 is 1.13 bits per heavy atom. The molecule has 0 N–H and O–H groups in total. The van der Waals surface area contributed by atoms with Crippen LogP contribution in [0.1, 0.15) is 78.7 Å². The van der Waals surface area contributed by atoms with Gasteiger partial charge in [-0.25, -0.2) is 8.42 Å². The molecule has 0 bridgehead atoms. The molecule has 1 aromatic carbocycles. The van der Waals surface area contributed by atoms with Crippen molar-refractivity contribution >= 4 is 27.6 Å². The third-order valence-electron chi connectivity index (χ3n) is 7.02. The van der Waals surface area contributed by atoms with Crippen molar-refractivity contribution in [2.45, 2.75) is 83.5 Å². The quantitative estimate of drug-likeness (QED) is 0.454. The van der Waals surface area contributed by atoms with Crippen LogP contribution < -0.4 is 0 Å². The molecule has 0 unspecified atom stereocenters. The first kappa shape index (κ1) is 25.4. The molecule has 2 aliphatic rings. The van der Waals surface area contributed by atoms with Crippen molar-refractivity contribution in [2.75, 3.05) is 19.6 Å². The predicted octanol–water partition coefficient (Wildman–Crippen LogP) is 4.50. The van der Waals surface area contributed by atoms with Gasteiger partial charge in [0, 0.05) is 38.1 Å². The molecule has 0 spiro atoms. The Hall–Kier alpha value is -1.82. The van der Waals surface area contributed by atoms with Crippen LogP contribution in [0, 0.1) is 5.92 Å². The summed E-state index contributed by atoms with van der Waals surface area (Å²) in [4.78, 5) is 16.7. The lowest BCUT2D eigenvalue weighted by Crippen LogP contribution is -2.38. The number of fused-ring (bicyclic) bond motifs is 1. The molecule has 0 radical (unpaired) electrons. The molecule has 0 saturated carbocycles. The molecule has 0 aromatic heterocycles. The van der Waals surface area contributed by atoms with Crippen molar-refractivity contribution in [2.24, 2.45) is 5.92 Å². The van der Waals surface area contributed by atoms with Gasteiger partial charge in [0.05, 0.1) is 10.3 Å². The van der Waals surface area contributed by atoms with Crippen molar-refractivity contribution in [3.63, 3.8) is 0 Å². The van der Waals surface area contributed by atoms with Gasteiger partial charge >= 0.3 is 6.15 Å². The van der Waals surface area contributed by atoms with Crippen LogP contribution in [0.4, 0.5) is 5.69 Å². The smallest absolute Gasteiger partial charge is 0.207 e. The van der Waals surface area contributed by atoms with E-state index in [0.717, 1.165) is 37.8 Å². The van der Waals surface area contributed by atoms with E-state index in [1.165, 1.54) is 24.2 Å². The molecule has 2 heterocycles. The van der Waals surface area contributed by atoms with E-state index in [4.69, 9.17) is 9.59 Å². The molecule has 1 fully saturated rings. The number of hydrogen-bond acceptors (Lipinski definition) is 4. The Balaban J connectivity index is 0.00000107. The van der Waals surface area contributed by atoms with Gasteiger partial charge in [-0.1, -0.05) is 26.7 Å². The molecule has 172 valence electrons. The zero-order valence-corrected chi connectivity index (χ0v) is 20.4. The van der Waals surface area contributed by atoms with Crippen LogP contribution in [0.2, 0.25) is 0 Å². The van der Waals surface area contributed by atoms with E-state index in [1.54, 1.807) is 4.31 Å². The van der Waals surface area contributed by atoms with Crippen molar-refractivity contribution in [3.8, 4) is 0 Å². The lowest BCUT2D eigenvalue weighted by atomic mass is 9.82. The maximum Gasteiger partial charge on any atom is 0.373 e. The molecule has 6 nitrogen and oxygen atoms in total. The minimum atomic E-state index is -3.42. The summed E-state index contributed by atoms with van der Waals surface area (Å²) in [6.07, 6.45) is 6.93. The monoisotopic (exact) mass is 449 g/mol. The third kappa shape index (κ3) is 5.33. The van der Waals surface area contributed by atoms with Crippen LogP contribution >= 0.6 is 0 Å². The van der Waals surface area contributed by atoms with Crippen LogP contribution in [0.15, 0.2) is 23.1 Å². The molecule has 1 saturated heterocycles. The summed E-state index contributed by atoms with van der Waals surface area (Å²) in [6.45, 7) is 13.3. The Bertz CT molecular complexity index is 936. The molecular formula is C24H37N2O4S+. The highest BCUT2D eigenvalue weighted by molar-refractivity contribution is 7.89. The lowest BCUT2D eigenvalue weighted by molar-refractivity contribution is -0.439. The van der Waals surface area contributed by atoms with Crippen molar-refractivity contribution in [3.05, 3.63) is 23.8 Å². The summed E-state index contributed by atoms with van der Waals surface area (Å²) in [7, 11) is -3.42. The fourth-order valence-electron chi connectivity index (χ4n) is 4.64. The van der Waals surface area contributed by atoms with Gasteiger partial charge in [-0.05, 0) is 51.2 Å². The minimum Gasteiger partial charge on any atom is -0.207 e. The predicted molar refractivity (Wildman–Crippen MR) is 121 cm³/mol. The average Bonchev–Trinajstić information content (AvgIpc) is 2.94. The average molecular weight is 450 g/mol. The number of piperidine rings is 1. The second-order valence-electron chi connectivity index (χ2n) is 9.09. The molecule has 0 aliphatic carbocycles. The summed E-state index contributed by atoms with van der Waals surface area (Å²) in [5, 5.41) is 0. The second-order valence-corrected chi connectivity index (χ2v) is 11.0. The number of carbonyl (C=O) groups excluding carboxylic acids is 2. The topological polar surface area (TPSA) is 74.5 Å². The first-order valence-corrected chi connectivity index (χ1v) is 12.8. The van der Waals surface area contributed by atoms with Crippen LogP contribution in [0.25, 0.3) is 0 Å². The van der Waals surface area contributed by atoms with Gasteiger partial charge in [-0.3, -0.25) is 0 Å². The number of hydrogen-bond donors (Lipinski definition) is 0. The van der Waals surface area contributed by atoms with Gasteiger partial charge in [-0.2, -0.15) is 18.5 Å². The van der Waals surface area contributed by atoms with E-state index in [9.17, 15) is 8.42 Å². The van der Waals surface area contributed by atoms with Gasteiger partial charge in [0.15, 0.2) is 5.71 Å². The number of nitrogens with zero attached hydrogens (tertiary/aromatic N) is 2. The summed E-state index contributed by atoms with van der Waals surface area (Å²) in [5.41, 5.74) is 3.51. The Labute approximate surface area is 187 Å². The van der Waals surface area contributed by atoms with Crippen LogP contribution in [-0.2, 0) is 25.0 Å². The zero-order valence-electron chi connectivity index (χ0n) is 19.6. The Morgan fingerprint density at radius 2 is 1.74 bits per heavy atom. The van der Waals surface area contributed by atoms with Gasteiger partial charge in [0.2, 0.25) is 15.7 Å². The molecule has 0 amide bonds. The molecule has 3 rings (SSSR count). The van der Waals surface area contributed by atoms with E-state index in [0.29, 0.717) is 23.9 Å². The molecule has 1 aromatic rings. The summed E-state index contributed by atoms with van der Waals surface area (Å²) in [5.74, 6) is 0.666. The Morgan fingerprint density at radius 3 is 2.29 bits per heavy atom. The summed E-state index contributed by atoms with van der Waals surface area (Å²) < 4.78 is 30.6. The molecular weight excluding hydrogens is 412 g/mol. The van der Waals surface area contributed by atoms with E-state index in [1.807, 2.05) is 18.2 Å². The van der Waals surface area contributed by atoms with Crippen LogP contribution in [-0.4, -0.2) is 48.8 Å². The van der Waals surface area contributed by atoms with E-state index < -0.39 is 10.0 Å². The first-order chi connectivity index (χ1) is 14.6. The largest absolute Gasteiger partial charge is 0.373 e. The highest BCUT2D eigenvalue weighted by Crippen LogP contribution is 2.41. The number of rotatable bonds is 7. The van der Waals surface area contributed by atoms with E-state index >= 15 is 0 Å². The zero-order chi connectivity index (χ0) is 23.2. The van der Waals surface area contributed by atoms with E-state index in [2.05, 4.69) is 39.2 Å². The van der Waals surface area contributed by atoms with Gasteiger partial charge in [0.1, 0.15) is 6.54 Å². The van der Waals surface area contributed by atoms with Crippen LogP contribution in [0.5, 0.6) is 0 Å². The number of benzene rings is 1. The van der Waals surface area contributed by atoms with Crippen molar-refractivity contribution in [1.29, 1.82) is 0 Å². The minimum absolute atomic E-state index is 0.137. The van der Waals surface area contributed by atoms with Crippen molar-refractivity contribution < 1.29 is 22.6 Å². The number of unbranched alkanes of at least 4 members (excludes halogenated alkanes) is 2. The van der Waals surface area contributed by atoms with E-state index in [-0.39, 0.29) is 11.6 Å². The summed E-state index contributed by atoms with van der Waals surface area (Å²) in [6, 6.07) is 5.80. The maximum atomic E-state index is 13.3. The molecule has 0 atom stereocenters. The molecule has 7 heteroatoms. The lowest BCUT2D eigenvalue weighted by Gasteiger charge is -2.30. The highest BCUT2D eigenvalue weighted by atomic mass is 32.2. The normalized spacial score (nSPS) is 18.9.